The predicted octanol–water partition coefficient (Wildman–Crippen LogP) is 2.38. The number of H-pyrrole nitrogens is 1. The molecule has 6 nitrogen and oxygen atoms in total. The van der Waals surface area contributed by atoms with Crippen LogP contribution < -0.4 is 0 Å². The van der Waals surface area contributed by atoms with E-state index in [4.69, 9.17) is 4.74 Å². The van der Waals surface area contributed by atoms with Crippen molar-refractivity contribution < 1.29 is 14.3 Å². The molecule has 6 heteroatoms. The van der Waals surface area contributed by atoms with Crippen LogP contribution in [0.2, 0.25) is 0 Å². The highest BCUT2D eigenvalue weighted by molar-refractivity contribution is 5.95. The molecule has 1 aromatic carbocycles. The molecule has 0 saturated carbocycles. The summed E-state index contributed by atoms with van der Waals surface area (Å²) in [5.74, 6) is -0.291. The minimum Gasteiger partial charge on any atom is -0.466 e. The Bertz CT molecular complexity index is 758. The molecule has 1 amide bonds. The molecule has 1 aliphatic rings. The Balaban J connectivity index is 1.59. The number of amides is 1. The second-order valence-corrected chi connectivity index (χ2v) is 5.84. The number of rotatable bonds is 4. The van der Waals surface area contributed by atoms with E-state index >= 15 is 0 Å². The number of para-hydroxylation sites is 1. The molecule has 1 saturated heterocycles. The first-order valence-corrected chi connectivity index (χ1v) is 8.25. The van der Waals surface area contributed by atoms with Gasteiger partial charge in [0.2, 0.25) is 5.91 Å². The van der Waals surface area contributed by atoms with Gasteiger partial charge < -0.3 is 9.64 Å². The number of hydrogen-bond donors (Lipinski definition) is 1. The lowest BCUT2D eigenvalue weighted by Crippen LogP contribution is -2.39. The number of carbonyl (C=O) groups excluding carboxylic acids is 2. The molecule has 0 radical (unpaired) electrons. The van der Waals surface area contributed by atoms with Crippen molar-refractivity contribution in [3.8, 4) is 0 Å². The molecule has 2 heterocycles. The first-order chi connectivity index (χ1) is 11.7. The Hall–Kier alpha value is -2.63. The number of ether oxygens (including phenoxy) is 1. The van der Waals surface area contributed by atoms with Gasteiger partial charge in [-0.25, -0.2) is 0 Å². The number of aromatic amines is 1. The lowest BCUT2D eigenvalue weighted by molar-refractivity contribution is -0.150. The van der Waals surface area contributed by atoms with Crippen molar-refractivity contribution in [2.75, 3.05) is 19.7 Å². The zero-order chi connectivity index (χ0) is 16.9. The summed E-state index contributed by atoms with van der Waals surface area (Å²) < 4.78 is 5.05. The Morgan fingerprint density at radius 2 is 2.08 bits per heavy atom. The molecule has 1 fully saturated rings. The Morgan fingerprint density at radius 1 is 1.33 bits per heavy atom. The van der Waals surface area contributed by atoms with Gasteiger partial charge in [0.05, 0.1) is 23.7 Å². The average Bonchev–Trinajstić information content (AvgIpc) is 3.03. The van der Waals surface area contributed by atoms with Gasteiger partial charge in [0.1, 0.15) is 0 Å². The molecule has 0 unspecified atom stereocenters. The van der Waals surface area contributed by atoms with E-state index in [9.17, 15) is 9.59 Å². The average molecular weight is 327 g/mol. The molecule has 24 heavy (non-hydrogen) atoms. The SMILES string of the molecule is CCOC(=O)C1CCN(C(=O)C=Cc2n[nH]c3ccccc23)CC1. The van der Waals surface area contributed by atoms with E-state index in [1.165, 1.54) is 0 Å². The number of fused-ring (bicyclic) bond motifs is 1. The molecular formula is C18H21N3O3. The zero-order valence-corrected chi connectivity index (χ0v) is 13.7. The van der Waals surface area contributed by atoms with Crippen LogP contribution in [0.25, 0.3) is 17.0 Å². The van der Waals surface area contributed by atoms with Crippen molar-refractivity contribution in [1.82, 2.24) is 15.1 Å². The minimum atomic E-state index is -0.150. The summed E-state index contributed by atoms with van der Waals surface area (Å²) >= 11 is 0. The van der Waals surface area contributed by atoms with Gasteiger partial charge in [-0.2, -0.15) is 5.10 Å². The van der Waals surface area contributed by atoms with Crippen LogP contribution in [-0.4, -0.2) is 46.7 Å². The molecule has 0 aliphatic carbocycles. The van der Waals surface area contributed by atoms with Crippen LogP contribution in [0, 0.1) is 5.92 Å². The van der Waals surface area contributed by atoms with E-state index in [0.29, 0.717) is 32.5 Å². The van der Waals surface area contributed by atoms with Crippen molar-refractivity contribution in [2.45, 2.75) is 19.8 Å². The number of likely N-dealkylation sites (tertiary alicyclic amines) is 1. The number of nitrogens with one attached hydrogen (secondary N) is 1. The van der Waals surface area contributed by atoms with Crippen LogP contribution in [0.3, 0.4) is 0 Å². The van der Waals surface area contributed by atoms with Crippen molar-refractivity contribution in [3.05, 3.63) is 36.0 Å². The van der Waals surface area contributed by atoms with Crippen molar-refractivity contribution in [3.63, 3.8) is 0 Å². The van der Waals surface area contributed by atoms with E-state index in [1.807, 2.05) is 24.3 Å². The van der Waals surface area contributed by atoms with Crippen LogP contribution in [0.1, 0.15) is 25.5 Å². The van der Waals surface area contributed by atoms with Gasteiger partial charge in [-0.15, -0.1) is 0 Å². The number of carbonyl (C=O) groups is 2. The van der Waals surface area contributed by atoms with Gasteiger partial charge in [0, 0.05) is 24.6 Å². The van der Waals surface area contributed by atoms with Gasteiger partial charge in [-0.1, -0.05) is 18.2 Å². The molecule has 2 aromatic rings. The maximum atomic E-state index is 12.3. The van der Waals surface area contributed by atoms with Crippen molar-refractivity contribution in [1.29, 1.82) is 0 Å². The van der Waals surface area contributed by atoms with Gasteiger partial charge in [0.15, 0.2) is 0 Å². The van der Waals surface area contributed by atoms with Crippen LogP contribution in [-0.2, 0) is 14.3 Å². The summed E-state index contributed by atoms with van der Waals surface area (Å²) in [5, 5.41) is 8.16. The fourth-order valence-corrected chi connectivity index (χ4v) is 2.96. The zero-order valence-electron chi connectivity index (χ0n) is 13.7. The quantitative estimate of drug-likeness (QED) is 0.691. The number of benzene rings is 1. The van der Waals surface area contributed by atoms with Crippen LogP contribution in [0.5, 0.6) is 0 Å². The third-order valence-corrected chi connectivity index (χ3v) is 4.31. The molecule has 0 spiro atoms. The van der Waals surface area contributed by atoms with Crippen LogP contribution in [0.4, 0.5) is 0 Å². The highest BCUT2D eigenvalue weighted by atomic mass is 16.5. The van der Waals surface area contributed by atoms with Gasteiger partial charge in [-0.05, 0) is 31.9 Å². The van der Waals surface area contributed by atoms with E-state index < -0.39 is 0 Å². The number of hydrogen-bond acceptors (Lipinski definition) is 4. The fourth-order valence-electron chi connectivity index (χ4n) is 2.96. The molecular weight excluding hydrogens is 306 g/mol. The first kappa shape index (κ1) is 16.2. The summed E-state index contributed by atoms with van der Waals surface area (Å²) in [7, 11) is 0. The Kier molecular flexibility index (Phi) is 4.93. The summed E-state index contributed by atoms with van der Waals surface area (Å²) in [6.45, 7) is 3.36. The largest absolute Gasteiger partial charge is 0.466 e. The van der Waals surface area contributed by atoms with E-state index in [2.05, 4.69) is 10.2 Å². The lowest BCUT2D eigenvalue weighted by Gasteiger charge is -2.30. The standard InChI is InChI=1S/C18H21N3O3/c1-2-24-18(23)13-9-11-21(12-10-13)17(22)8-7-16-14-5-3-4-6-15(14)19-20-16/h3-8,13H,2,9-12H2,1H3,(H,19,20). The molecule has 0 bridgehead atoms. The van der Waals surface area contributed by atoms with E-state index in [0.717, 1.165) is 16.6 Å². The third kappa shape index (κ3) is 3.48. The molecule has 1 N–H and O–H groups in total. The third-order valence-electron chi connectivity index (χ3n) is 4.31. The highest BCUT2D eigenvalue weighted by Gasteiger charge is 2.27. The summed E-state index contributed by atoms with van der Waals surface area (Å²) in [4.78, 5) is 25.8. The second-order valence-electron chi connectivity index (χ2n) is 5.84. The van der Waals surface area contributed by atoms with Crippen LogP contribution in [0.15, 0.2) is 30.3 Å². The van der Waals surface area contributed by atoms with Crippen molar-refractivity contribution >= 4 is 28.9 Å². The Labute approximate surface area is 140 Å². The predicted molar refractivity (Wildman–Crippen MR) is 91.1 cm³/mol. The highest BCUT2D eigenvalue weighted by Crippen LogP contribution is 2.20. The summed E-state index contributed by atoms with van der Waals surface area (Å²) in [6.07, 6.45) is 4.60. The van der Waals surface area contributed by atoms with Crippen molar-refractivity contribution in [2.24, 2.45) is 5.92 Å². The molecule has 1 aromatic heterocycles. The van der Waals surface area contributed by atoms with Gasteiger partial charge >= 0.3 is 5.97 Å². The molecule has 1 aliphatic heterocycles. The Morgan fingerprint density at radius 3 is 2.83 bits per heavy atom. The lowest BCUT2D eigenvalue weighted by atomic mass is 9.97. The fraction of sp³-hybridized carbons (Fsp3) is 0.389. The van der Waals surface area contributed by atoms with Gasteiger partial charge in [-0.3, -0.25) is 14.7 Å². The van der Waals surface area contributed by atoms with E-state index in [-0.39, 0.29) is 17.8 Å². The molecule has 126 valence electrons. The maximum absolute atomic E-state index is 12.3. The summed E-state index contributed by atoms with van der Waals surface area (Å²) in [5.41, 5.74) is 1.69. The monoisotopic (exact) mass is 327 g/mol. The maximum Gasteiger partial charge on any atom is 0.309 e. The number of nitrogens with zero attached hydrogens (tertiary/aromatic N) is 2. The molecule has 0 atom stereocenters. The smallest absolute Gasteiger partial charge is 0.309 e. The second kappa shape index (κ2) is 7.29. The number of aromatic nitrogens is 2. The number of esters is 1. The normalized spacial score (nSPS) is 16.0. The molecule has 3 rings (SSSR count). The first-order valence-electron chi connectivity index (χ1n) is 8.25. The number of piperidine rings is 1. The van der Waals surface area contributed by atoms with Crippen LogP contribution >= 0.6 is 0 Å². The minimum absolute atomic E-state index is 0.0515. The van der Waals surface area contributed by atoms with E-state index in [1.54, 1.807) is 24.0 Å². The van der Waals surface area contributed by atoms with Gasteiger partial charge in [0.25, 0.3) is 0 Å². The summed E-state index contributed by atoms with van der Waals surface area (Å²) in [6, 6.07) is 7.79. The topological polar surface area (TPSA) is 75.3 Å².